The lowest BCUT2D eigenvalue weighted by molar-refractivity contribution is -0.934. The summed E-state index contributed by atoms with van der Waals surface area (Å²) in [5.41, 5.74) is 0.784. The van der Waals surface area contributed by atoms with Crippen LogP contribution in [-0.4, -0.2) is 23.2 Å². The second-order valence-electron chi connectivity index (χ2n) is 5.13. The van der Waals surface area contributed by atoms with Crippen LogP contribution < -0.4 is 17.3 Å². The number of hydrogen-bond acceptors (Lipinski definition) is 1. The van der Waals surface area contributed by atoms with Gasteiger partial charge in [-0.2, -0.15) is 0 Å². The number of halogens is 1. The summed E-state index contributed by atoms with van der Waals surface area (Å²) in [5.74, 6) is 0.0435. The van der Waals surface area contributed by atoms with Crippen molar-refractivity contribution in [3.05, 3.63) is 35.9 Å². The van der Waals surface area contributed by atoms with Gasteiger partial charge in [-0.25, -0.2) is 4.79 Å². The lowest BCUT2D eigenvalue weighted by atomic mass is 9.73. The number of quaternary nitrogens is 1. The van der Waals surface area contributed by atoms with Crippen molar-refractivity contribution in [2.75, 3.05) is 6.54 Å². The Kier molecular flexibility index (Phi) is 3.15. The van der Waals surface area contributed by atoms with Gasteiger partial charge in [0.05, 0.1) is 6.54 Å². The first-order chi connectivity index (χ1) is 7.71. The highest BCUT2D eigenvalue weighted by atomic mass is 35.5. The Morgan fingerprint density at radius 2 is 2.00 bits per heavy atom. The predicted molar refractivity (Wildman–Crippen MR) is 59.1 cm³/mol. The summed E-state index contributed by atoms with van der Waals surface area (Å²) in [4.78, 5) is 12.6. The lowest BCUT2D eigenvalue weighted by Crippen LogP contribution is -3.17. The van der Waals surface area contributed by atoms with Crippen molar-refractivity contribution < 1.29 is 27.2 Å². The monoisotopic (exact) mass is 253 g/mol. The van der Waals surface area contributed by atoms with Crippen molar-refractivity contribution in [2.24, 2.45) is 5.92 Å². The van der Waals surface area contributed by atoms with Crippen LogP contribution in [-0.2, 0) is 11.3 Å². The van der Waals surface area contributed by atoms with Crippen LogP contribution in [0.4, 0.5) is 0 Å². The van der Waals surface area contributed by atoms with E-state index in [2.05, 4.69) is 12.1 Å². The molecule has 2 saturated heterocycles. The van der Waals surface area contributed by atoms with Crippen molar-refractivity contribution in [1.29, 1.82) is 0 Å². The fourth-order valence-electron chi connectivity index (χ4n) is 3.31. The number of rotatable bonds is 3. The minimum atomic E-state index is -0.604. The molecular weight excluding hydrogens is 238 g/mol. The number of fused-ring (bicyclic) bond motifs is 1. The molecule has 4 rings (SSSR count). The summed E-state index contributed by atoms with van der Waals surface area (Å²) >= 11 is 0. The van der Waals surface area contributed by atoms with Gasteiger partial charge in [0.15, 0.2) is 5.54 Å². The molecule has 0 amide bonds. The van der Waals surface area contributed by atoms with E-state index in [4.69, 9.17) is 0 Å². The van der Waals surface area contributed by atoms with Crippen LogP contribution in [0.2, 0.25) is 0 Å². The van der Waals surface area contributed by atoms with E-state index in [9.17, 15) is 9.90 Å². The summed E-state index contributed by atoms with van der Waals surface area (Å²) in [6.07, 6.45) is 1.76. The van der Waals surface area contributed by atoms with Gasteiger partial charge in [0, 0.05) is 24.3 Å². The lowest BCUT2D eigenvalue weighted by Gasteiger charge is -2.34. The molecule has 1 aliphatic carbocycles. The average molecular weight is 254 g/mol. The Morgan fingerprint density at radius 3 is 2.59 bits per heavy atom. The maximum Gasteiger partial charge on any atom is 0.365 e. The smallest absolute Gasteiger partial charge is 0.365 e. The molecule has 1 aromatic rings. The first-order valence-corrected chi connectivity index (χ1v) is 5.83. The second-order valence-corrected chi connectivity index (χ2v) is 5.13. The van der Waals surface area contributed by atoms with Crippen LogP contribution in [0.15, 0.2) is 30.3 Å². The number of carbonyl (C=O) groups is 1. The quantitative estimate of drug-likeness (QED) is 0.617. The molecule has 92 valence electrons. The maximum atomic E-state index is 11.3. The highest BCUT2D eigenvalue weighted by molar-refractivity contribution is 5.78. The highest BCUT2D eigenvalue weighted by Crippen LogP contribution is 2.40. The number of hydrogen-bond donors (Lipinski definition) is 2. The summed E-state index contributed by atoms with van der Waals surface area (Å²) in [6, 6.07) is 10.2. The van der Waals surface area contributed by atoms with Gasteiger partial charge in [-0.15, -0.1) is 0 Å². The molecule has 3 nitrogen and oxygen atoms in total. The standard InChI is InChI=1S/C13H15NO2.ClH/c15-12(16)13-6-11(7-13)9-14(13)8-10-4-2-1-3-5-10;/h1-5,11H,6-9H2,(H,15,16);1H. The highest BCUT2D eigenvalue weighted by Gasteiger charge is 2.65. The van der Waals surface area contributed by atoms with Crippen LogP contribution in [0, 0.1) is 5.92 Å². The molecular formula is C13H16ClNO2. The number of aliphatic carboxylic acids is 1. The number of carboxylic acids is 1. The minimum absolute atomic E-state index is 0. The van der Waals surface area contributed by atoms with Gasteiger partial charge in [-0.3, -0.25) is 0 Å². The molecule has 2 aliphatic heterocycles. The van der Waals surface area contributed by atoms with Crippen LogP contribution in [0.5, 0.6) is 0 Å². The molecule has 3 aliphatic rings. The molecule has 4 heteroatoms. The molecule has 1 atom stereocenters. The van der Waals surface area contributed by atoms with Crippen molar-refractivity contribution >= 4 is 5.97 Å². The first kappa shape index (κ1) is 12.4. The number of benzene rings is 1. The number of nitrogens with one attached hydrogen (secondary N) is 1. The third-order valence-corrected chi connectivity index (χ3v) is 4.16. The molecule has 2 heterocycles. The fraction of sp³-hybridized carbons (Fsp3) is 0.462. The summed E-state index contributed by atoms with van der Waals surface area (Å²) in [6.45, 7) is 1.88. The SMILES string of the molecule is O=C(O)C12CC(C[NH+]1Cc1ccccc1)C2.[Cl-]. The Balaban J connectivity index is 0.00000108. The summed E-state index contributed by atoms with van der Waals surface area (Å²) in [7, 11) is 0. The third-order valence-electron chi connectivity index (χ3n) is 4.16. The predicted octanol–water partition coefficient (Wildman–Crippen LogP) is -2.68. The van der Waals surface area contributed by atoms with E-state index in [1.54, 1.807) is 0 Å². The molecule has 1 aromatic carbocycles. The largest absolute Gasteiger partial charge is 1.00 e. The van der Waals surface area contributed by atoms with E-state index >= 15 is 0 Å². The van der Waals surface area contributed by atoms with E-state index in [0.717, 1.165) is 25.9 Å². The zero-order valence-corrected chi connectivity index (χ0v) is 10.3. The van der Waals surface area contributed by atoms with E-state index < -0.39 is 11.5 Å². The van der Waals surface area contributed by atoms with Crippen LogP contribution in [0.3, 0.4) is 0 Å². The third kappa shape index (κ3) is 1.83. The molecule has 1 saturated carbocycles. The molecule has 2 bridgehead atoms. The van der Waals surface area contributed by atoms with E-state index in [1.165, 1.54) is 10.5 Å². The molecule has 3 fully saturated rings. The molecule has 0 radical (unpaired) electrons. The minimum Gasteiger partial charge on any atom is -1.00 e. The Hall–Kier alpha value is -1.06. The Morgan fingerprint density at radius 1 is 1.35 bits per heavy atom. The Bertz CT molecular complexity index is 415. The summed E-state index contributed by atoms with van der Waals surface area (Å²) < 4.78 is 0. The van der Waals surface area contributed by atoms with E-state index in [0.29, 0.717) is 5.92 Å². The average Bonchev–Trinajstić information content (AvgIpc) is 2.73. The Labute approximate surface area is 107 Å². The van der Waals surface area contributed by atoms with Crippen LogP contribution >= 0.6 is 0 Å². The van der Waals surface area contributed by atoms with Gasteiger partial charge in [0.2, 0.25) is 0 Å². The maximum absolute atomic E-state index is 11.3. The zero-order chi connectivity index (χ0) is 11.2. The van der Waals surface area contributed by atoms with Crippen LogP contribution in [0.1, 0.15) is 18.4 Å². The van der Waals surface area contributed by atoms with Gasteiger partial charge in [0.25, 0.3) is 0 Å². The first-order valence-electron chi connectivity index (χ1n) is 5.83. The fourth-order valence-corrected chi connectivity index (χ4v) is 3.31. The van der Waals surface area contributed by atoms with Crippen molar-refractivity contribution in [3.8, 4) is 0 Å². The van der Waals surface area contributed by atoms with Gasteiger partial charge < -0.3 is 22.4 Å². The molecule has 0 spiro atoms. The normalized spacial score (nSPS) is 33.6. The van der Waals surface area contributed by atoms with Gasteiger partial charge in [-0.1, -0.05) is 30.3 Å². The molecule has 17 heavy (non-hydrogen) atoms. The zero-order valence-electron chi connectivity index (χ0n) is 9.53. The van der Waals surface area contributed by atoms with Crippen molar-refractivity contribution in [1.82, 2.24) is 0 Å². The summed E-state index contributed by atoms with van der Waals surface area (Å²) in [5, 5.41) is 9.34. The number of carboxylic acid groups (broad SMARTS) is 1. The molecule has 2 N–H and O–H groups in total. The second kappa shape index (κ2) is 4.31. The molecule has 1 unspecified atom stereocenters. The van der Waals surface area contributed by atoms with Crippen LogP contribution in [0.25, 0.3) is 0 Å². The molecule has 0 aromatic heterocycles. The van der Waals surface area contributed by atoms with Gasteiger partial charge >= 0.3 is 5.97 Å². The van der Waals surface area contributed by atoms with Gasteiger partial charge in [0.1, 0.15) is 6.54 Å². The van der Waals surface area contributed by atoms with E-state index in [-0.39, 0.29) is 12.4 Å². The van der Waals surface area contributed by atoms with E-state index in [1.807, 2.05) is 18.2 Å². The topological polar surface area (TPSA) is 41.7 Å². The van der Waals surface area contributed by atoms with Gasteiger partial charge in [-0.05, 0) is 0 Å². The van der Waals surface area contributed by atoms with Crippen molar-refractivity contribution in [3.63, 3.8) is 0 Å². The van der Waals surface area contributed by atoms with Crippen molar-refractivity contribution in [2.45, 2.75) is 24.9 Å².